The topological polar surface area (TPSA) is 152 Å². The zero-order chi connectivity index (χ0) is 23.9. The van der Waals surface area contributed by atoms with Gasteiger partial charge in [-0.15, -0.1) is 0 Å². The number of nitrogens with one attached hydrogen (secondary N) is 2. The summed E-state index contributed by atoms with van der Waals surface area (Å²) in [5.74, 6) is -1.58. The summed E-state index contributed by atoms with van der Waals surface area (Å²) in [5, 5.41) is 25.3. The van der Waals surface area contributed by atoms with E-state index in [0.717, 1.165) is 12.8 Å². The van der Waals surface area contributed by atoms with Crippen LogP contribution in [0.5, 0.6) is 0 Å². The van der Waals surface area contributed by atoms with Gasteiger partial charge >= 0.3 is 0 Å². The lowest BCUT2D eigenvalue weighted by molar-refractivity contribution is -0.163. The van der Waals surface area contributed by atoms with Gasteiger partial charge in [-0.05, 0) is 50.7 Å². The van der Waals surface area contributed by atoms with Crippen LogP contribution in [-0.4, -0.2) is 75.3 Å². The molecule has 0 fully saturated rings. The Morgan fingerprint density at radius 3 is 1.53 bits per heavy atom. The number of hydroxylamine groups is 4. The average molecular weight is 452 g/mol. The summed E-state index contributed by atoms with van der Waals surface area (Å²) in [4.78, 5) is 50.4. The summed E-state index contributed by atoms with van der Waals surface area (Å²) in [7, 11) is 0. The normalized spacial score (nSPS) is 10.4. The molecule has 0 aliphatic rings. The highest BCUT2D eigenvalue weighted by Gasteiger charge is 2.12. The van der Waals surface area contributed by atoms with E-state index >= 15 is 0 Å². The molecule has 1 aromatic rings. The Morgan fingerprint density at radius 1 is 0.750 bits per heavy atom. The van der Waals surface area contributed by atoms with Gasteiger partial charge in [0.25, 0.3) is 11.8 Å². The molecule has 0 bridgehead atoms. The third-order valence-electron chi connectivity index (χ3n) is 4.61. The van der Waals surface area contributed by atoms with Gasteiger partial charge in [-0.25, -0.2) is 15.1 Å². The van der Waals surface area contributed by atoms with E-state index in [1.54, 1.807) is 6.07 Å². The Morgan fingerprint density at radius 2 is 1.16 bits per heavy atom. The van der Waals surface area contributed by atoms with Gasteiger partial charge in [0.2, 0.25) is 11.8 Å². The second kappa shape index (κ2) is 14.9. The maximum atomic E-state index is 12.2. The van der Waals surface area contributed by atoms with Crippen molar-refractivity contribution in [3.8, 4) is 0 Å². The number of hydrogen-bond acceptors (Lipinski definition) is 7. The fourth-order valence-electron chi connectivity index (χ4n) is 2.71. The first-order chi connectivity index (χ1) is 15.2. The predicted octanol–water partition coefficient (Wildman–Crippen LogP) is 1.36. The van der Waals surface area contributed by atoms with E-state index in [1.165, 1.54) is 26.0 Å². The molecule has 0 saturated heterocycles. The second-order valence-corrected chi connectivity index (χ2v) is 7.33. The first kappa shape index (κ1) is 27.0. The number of nitrogens with zero attached hydrogens (tertiary/aromatic N) is 3. The van der Waals surface area contributed by atoms with Gasteiger partial charge in [-0.3, -0.25) is 29.6 Å². The lowest BCUT2D eigenvalue weighted by Gasteiger charge is -2.12. The standard InChI is InChI=1S/C21H33N5O6/c1-16(27)25(31)14-7-3-5-12-22-20(29)18-10-9-11-19(24-18)21(30)23-13-6-4-8-15-26(32)17(2)28/h9-11,31-32H,3-8,12-15H2,1-2H3,(H,22,29)(H,23,30). The van der Waals surface area contributed by atoms with Crippen LogP contribution in [-0.2, 0) is 9.59 Å². The van der Waals surface area contributed by atoms with Crippen LogP contribution in [0.2, 0.25) is 0 Å². The van der Waals surface area contributed by atoms with Gasteiger partial charge in [-0.2, -0.15) is 0 Å². The highest BCUT2D eigenvalue weighted by molar-refractivity contribution is 5.96. The Hall–Kier alpha value is -3.05. The SMILES string of the molecule is CC(=O)N(O)CCCCCNC(=O)c1cccc(C(=O)NCCCCCN(O)C(C)=O)n1. The van der Waals surface area contributed by atoms with Gasteiger partial charge in [0, 0.05) is 40.0 Å². The second-order valence-electron chi connectivity index (χ2n) is 7.33. The monoisotopic (exact) mass is 451 g/mol. The van der Waals surface area contributed by atoms with Crippen molar-refractivity contribution in [3.05, 3.63) is 29.6 Å². The molecule has 11 heteroatoms. The fourth-order valence-corrected chi connectivity index (χ4v) is 2.71. The minimum Gasteiger partial charge on any atom is -0.351 e. The lowest BCUT2D eigenvalue weighted by Crippen LogP contribution is -2.29. The number of amides is 4. The average Bonchev–Trinajstić information content (AvgIpc) is 2.77. The molecule has 0 spiro atoms. The number of carbonyl (C=O) groups is 4. The molecule has 0 saturated carbocycles. The molecule has 0 unspecified atom stereocenters. The Balaban J connectivity index is 2.29. The third kappa shape index (κ3) is 10.8. The zero-order valence-corrected chi connectivity index (χ0v) is 18.7. The number of pyridine rings is 1. The highest BCUT2D eigenvalue weighted by atomic mass is 16.5. The minimum absolute atomic E-state index is 0.142. The van der Waals surface area contributed by atoms with Crippen molar-refractivity contribution in [2.75, 3.05) is 26.2 Å². The minimum atomic E-state index is -0.406. The number of unbranched alkanes of at least 4 members (excludes halogenated alkanes) is 4. The van der Waals surface area contributed by atoms with Crippen LogP contribution in [0.15, 0.2) is 18.2 Å². The van der Waals surface area contributed by atoms with Crippen LogP contribution in [0.25, 0.3) is 0 Å². The van der Waals surface area contributed by atoms with E-state index in [1.807, 2.05) is 0 Å². The molecule has 0 aliphatic heterocycles. The zero-order valence-electron chi connectivity index (χ0n) is 18.7. The van der Waals surface area contributed by atoms with Crippen molar-refractivity contribution in [1.82, 2.24) is 25.7 Å². The van der Waals surface area contributed by atoms with Crippen LogP contribution in [0.1, 0.15) is 73.3 Å². The van der Waals surface area contributed by atoms with Crippen LogP contribution in [0.3, 0.4) is 0 Å². The first-order valence-corrected chi connectivity index (χ1v) is 10.7. The Labute approximate surface area is 187 Å². The highest BCUT2D eigenvalue weighted by Crippen LogP contribution is 2.02. The quantitative estimate of drug-likeness (QED) is 0.189. The maximum absolute atomic E-state index is 12.2. The Kier molecular flexibility index (Phi) is 12.5. The smallest absolute Gasteiger partial charge is 0.269 e. The summed E-state index contributed by atoms with van der Waals surface area (Å²) in [6, 6.07) is 4.64. The molecule has 4 amide bonds. The van der Waals surface area contributed by atoms with Gasteiger partial charge in [0.1, 0.15) is 11.4 Å². The van der Waals surface area contributed by atoms with Crippen molar-refractivity contribution in [3.63, 3.8) is 0 Å². The number of carbonyl (C=O) groups excluding carboxylic acids is 4. The van der Waals surface area contributed by atoms with Crippen molar-refractivity contribution < 1.29 is 29.6 Å². The lowest BCUT2D eigenvalue weighted by atomic mass is 10.2. The van der Waals surface area contributed by atoms with Crippen LogP contribution < -0.4 is 10.6 Å². The summed E-state index contributed by atoms with van der Waals surface area (Å²) < 4.78 is 0. The molecule has 0 radical (unpaired) electrons. The van der Waals surface area contributed by atoms with Gasteiger partial charge in [0.15, 0.2) is 0 Å². The van der Waals surface area contributed by atoms with Crippen LogP contribution in [0.4, 0.5) is 0 Å². The molecule has 0 atom stereocenters. The van der Waals surface area contributed by atoms with E-state index in [-0.39, 0.29) is 36.3 Å². The Bertz CT molecular complexity index is 714. The van der Waals surface area contributed by atoms with Crippen LogP contribution in [0, 0.1) is 0 Å². The summed E-state index contributed by atoms with van der Waals surface area (Å²) in [6.45, 7) is 3.89. The molecule has 1 aromatic heterocycles. The maximum Gasteiger partial charge on any atom is 0.269 e. The molecule has 11 nitrogen and oxygen atoms in total. The van der Waals surface area contributed by atoms with Crippen molar-refractivity contribution in [2.45, 2.75) is 52.4 Å². The van der Waals surface area contributed by atoms with Gasteiger partial charge in [0.05, 0.1) is 0 Å². The molecule has 4 N–H and O–H groups in total. The van der Waals surface area contributed by atoms with E-state index < -0.39 is 11.8 Å². The fraction of sp³-hybridized carbons (Fsp3) is 0.571. The largest absolute Gasteiger partial charge is 0.351 e. The van der Waals surface area contributed by atoms with E-state index in [9.17, 15) is 29.6 Å². The molecule has 1 rings (SSSR count). The summed E-state index contributed by atoms with van der Waals surface area (Å²) in [6.07, 6.45) is 4.05. The van der Waals surface area contributed by atoms with Crippen molar-refractivity contribution in [1.29, 1.82) is 0 Å². The molecule has 178 valence electrons. The number of rotatable bonds is 14. The first-order valence-electron chi connectivity index (χ1n) is 10.7. The van der Waals surface area contributed by atoms with Crippen molar-refractivity contribution in [2.24, 2.45) is 0 Å². The molecule has 32 heavy (non-hydrogen) atoms. The van der Waals surface area contributed by atoms with Crippen LogP contribution >= 0.6 is 0 Å². The van der Waals surface area contributed by atoms with Crippen molar-refractivity contribution >= 4 is 23.6 Å². The molecule has 0 aromatic carbocycles. The van der Waals surface area contributed by atoms with E-state index in [2.05, 4.69) is 15.6 Å². The molecule has 1 heterocycles. The van der Waals surface area contributed by atoms with Gasteiger partial charge in [-0.1, -0.05) is 6.07 Å². The summed E-state index contributed by atoms with van der Waals surface area (Å²) >= 11 is 0. The van der Waals surface area contributed by atoms with Gasteiger partial charge < -0.3 is 10.6 Å². The molecular weight excluding hydrogens is 418 g/mol. The third-order valence-corrected chi connectivity index (χ3v) is 4.61. The summed E-state index contributed by atoms with van der Waals surface area (Å²) in [5.41, 5.74) is 0.283. The number of hydrogen-bond donors (Lipinski definition) is 4. The predicted molar refractivity (Wildman–Crippen MR) is 115 cm³/mol. The van der Waals surface area contributed by atoms with E-state index in [4.69, 9.17) is 0 Å². The number of aromatic nitrogens is 1. The molecular formula is C21H33N5O6. The van der Waals surface area contributed by atoms with E-state index in [0.29, 0.717) is 48.9 Å². The molecule has 0 aliphatic carbocycles.